The second kappa shape index (κ2) is 32.9. The molecular formula is C48H86N12O12. The van der Waals surface area contributed by atoms with Crippen molar-refractivity contribution in [1.82, 2.24) is 47.4 Å². The summed E-state index contributed by atoms with van der Waals surface area (Å²) in [5, 5.41) is 31.3. The number of nitrogens with one attached hydrogen (secondary N) is 8. The van der Waals surface area contributed by atoms with E-state index in [0.29, 0.717) is 58.0 Å². The van der Waals surface area contributed by atoms with E-state index >= 15 is 0 Å². The molecule has 1 aliphatic heterocycles. The first kappa shape index (κ1) is 64.1. The number of likely N-dealkylation sites (tertiary alicyclic amines) is 1. The third kappa shape index (κ3) is 22.2. The largest absolute Gasteiger partial charge is 0.394 e. The van der Waals surface area contributed by atoms with Gasteiger partial charge in [-0.2, -0.15) is 0 Å². The zero-order valence-electron chi connectivity index (χ0n) is 43.9. The summed E-state index contributed by atoms with van der Waals surface area (Å²) in [5.41, 5.74) is 16.5. The molecule has 0 aromatic carbocycles. The molecule has 11 amide bonds. The number of hydrogen-bond acceptors (Lipinski definition) is 13. The van der Waals surface area contributed by atoms with Crippen LogP contribution in [0.2, 0.25) is 0 Å². The number of rotatable bonds is 34. The molecule has 1 fully saturated rings. The van der Waals surface area contributed by atoms with Crippen molar-refractivity contribution in [2.75, 3.05) is 26.2 Å². The van der Waals surface area contributed by atoms with Gasteiger partial charge in [0.25, 0.3) is 0 Å². The molecule has 1 heterocycles. The van der Waals surface area contributed by atoms with Gasteiger partial charge in [-0.1, -0.05) is 74.7 Å². The van der Waals surface area contributed by atoms with Crippen molar-refractivity contribution in [3.8, 4) is 0 Å². The minimum Gasteiger partial charge on any atom is -0.394 e. The molecule has 24 nitrogen and oxygen atoms in total. The Hall–Kier alpha value is -5.91. The van der Waals surface area contributed by atoms with E-state index in [-0.39, 0.29) is 43.4 Å². The van der Waals surface area contributed by atoms with Crippen molar-refractivity contribution in [2.24, 2.45) is 40.9 Å². The van der Waals surface area contributed by atoms with Crippen LogP contribution in [0.3, 0.4) is 0 Å². The number of carbonyl (C=O) groups excluding carboxylic acids is 11. The second-order valence-electron chi connectivity index (χ2n) is 19.3. The maximum atomic E-state index is 14.0. The third-order valence-corrected chi connectivity index (χ3v) is 13.3. The van der Waals surface area contributed by atoms with Crippen LogP contribution >= 0.6 is 0 Å². The lowest BCUT2D eigenvalue weighted by Gasteiger charge is -2.30. The maximum Gasteiger partial charge on any atom is 0.243 e. The van der Waals surface area contributed by atoms with Crippen LogP contribution in [0.25, 0.3) is 0 Å². The Morgan fingerprint density at radius 1 is 0.625 bits per heavy atom. The quantitative estimate of drug-likeness (QED) is 0.0310. The molecule has 15 N–H and O–H groups in total. The van der Waals surface area contributed by atoms with Crippen molar-refractivity contribution in [3.05, 3.63) is 0 Å². The summed E-state index contributed by atoms with van der Waals surface area (Å²) >= 11 is 0. The lowest BCUT2D eigenvalue weighted by atomic mass is 9.93. The van der Waals surface area contributed by atoms with Gasteiger partial charge < -0.3 is 69.7 Å². The molecule has 0 aromatic heterocycles. The Balaban J connectivity index is 3.18. The van der Waals surface area contributed by atoms with E-state index in [4.69, 9.17) is 17.2 Å². The zero-order chi connectivity index (χ0) is 54.8. The van der Waals surface area contributed by atoms with Gasteiger partial charge in [-0.15, -0.1) is 0 Å². The molecule has 410 valence electrons. The van der Waals surface area contributed by atoms with Crippen LogP contribution in [0.5, 0.6) is 0 Å². The average Bonchev–Trinajstić information content (AvgIpc) is 3.84. The second-order valence-corrected chi connectivity index (χ2v) is 19.3. The predicted molar refractivity (Wildman–Crippen MR) is 267 cm³/mol. The Labute approximate surface area is 424 Å². The molecule has 0 unspecified atom stereocenters. The number of nitrogens with zero attached hydrogens (tertiary/aromatic N) is 1. The molecule has 24 heteroatoms. The van der Waals surface area contributed by atoms with E-state index < -0.39 is 139 Å². The lowest BCUT2D eigenvalue weighted by molar-refractivity contribution is -0.138. The summed E-state index contributed by atoms with van der Waals surface area (Å²) in [7, 11) is 0. The smallest absolute Gasteiger partial charge is 0.243 e. The van der Waals surface area contributed by atoms with E-state index in [0.717, 1.165) is 0 Å². The SMILES string of the molecule is CC[C@H](C)[C@H](NC(=O)CNC(=O)[C@@H](NC(=O)C[C@H](CO)NC(=O)[C@H](CCC(N)=O)NC(=O)[C@@H](NC(=O)C[C@@H](NC(=O)[C@H](CCCCN)NC(=O)[C@@H]1CCCN1C(C)=O)[C@@H](C)CC)[C@@H](C)CC)C(C)C)C(N)=O. The fourth-order valence-electron chi connectivity index (χ4n) is 8.04. The van der Waals surface area contributed by atoms with Gasteiger partial charge in [-0.3, -0.25) is 52.7 Å². The topological polar surface area (TPSA) is 386 Å². The molecule has 72 heavy (non-hydrogen) atoms. The Kier molecular flexibility index (Phi) is 29.3. The monoisotopic (exact) mass is 1020 g/mol. The zero-order valence-corrected chi connectivity index (χ0v) is 43.9. The number of unbranched alkanes of at least 4 members (excludes halogenated alkanes) is 1. The van der Waals surface area contributed by atoms with Gasteiger partial charge in [0.15, 0.2) is 0 Å². The van der Waals surface area contributed by atoms with Crippen LogP contribution in [-0.2, 0) is 52.7 Å². The number of aliphatic hydroxyl groups is 1. The molecule has 1 saturated heterocycles. The van der Waals surface area contributed by atoms with Crippen LogP contribution in [0.4, 0.5) is 0 Å². The summed E-state index contributed by atoms with van der Waals surface area (Å²) in [6.45, 7) is 15.0. The van der Waals surface area contributed by atoms with Gasteiger partial charge in [0.1, 0.15) is 36.3 Å². The van der Waals surface area contributed by atoms with Gasteiger partial charge in [0.2, 0.25) is 65.0 Å². The van der Waals surface area contributed by atoms with Gasteiger partial charge in [-0.05, 0) is 68.7 Å². The van der Waals surface area contributed by atoms with Gasteiger partial charge in [0, 0.05) is 38.8 Å². The maximum absolute atomic E-state index is 14.0. The van der Waals surface area contributed by atoms with Crippen LogP contribution in [-0.4, -0.2) is 150 Å². The van der Waals surface area contributed by atoms with Crippen molar-refractivity contribution in [2.45, 2.75) is 188 Å². The number of primary amides is 2. The molecule has 0 spiro atoms. The number of amides is 11. The van der Waals surface area contributed by atoms with Crippen LogP contribution in [0.1, 0.15) is 139 Å². The molecular weight excluding hydrogens is 937 g/mol. The van der Waals surface area contributed by atoms with Gasteiger partial charge >= 0.3 is 0 Å². The standard InChI is InChI=1S/C48H86N12O12/c1-10-27(6)34(56-45(69)32(16-13-14-20-49)54-46(70)35-17-15-21-60(35)30(9)62)23-38(65)58-42(29(8)12-3)48(72)55-33(18-19-36(50)63)44(68)53-31(25-61)22-37(64)57-40(26(4)5)47(71)52-24-39(66)59-41(43(51)67)28(7)11-2/h26-29,31-35,40-42,61H,10-25,49H2,1-9H3,(H2,50,63)(H2,51,67)(H,52,71)(H,53,68)(H,54,70)(H,55,72)(H,56,69)(H,57,64)(H,58,65)(H,59,66)/t27-,28-,29-,31+,32-,33-,34+,35-,40-,41-,42-/m0/s1. The van der Waals surface area contributed by atoms with Crippen molar-refractivity contribution < 1.29 is 57.8 Å². The summed E-state index contributed by atoms with van der Waals surface area (Å²) in [4.78, 5) is 145. The van der Waals surface area contributed by atoms with Gasteiger partial charge in [-0.25, -0.2) is 0 Å². The summed E-state index contributed by atoms with van der Waals surface area (Å²) in [6.07, 6.45) is 2.53. The molecule has 11 atom stereocenters. The molecule has 1 rings (SSSR count). The van der Waals surface area contributed by atoms with Crippen LogP contribution in [0, 0.1) is 23.7 Å². The Bertz CT molecular complexity index is 1850. The fraction of sp³-hybridized carbons (Fsp3) is 0.771. The van der Waals surface area contributed by atoms with E-state index in [2.05, 4.69) is 42.5 Å². The highest BCUT2D eigenvalue weighted by molar-refractivity contribution is 5.95. The van der Waals surface area contributed by atoms with E-state index in [9.17, 15) is 57.8 Å². The summed E-state index contributed by atoms with van der Waals surface area (Å²) in [5.74, 6) is -8.68. The van der Waals surface area contributed by atoms with E-state index in [1.165, 1.54) is 11.8 Å². The van der Waals surface area contributed by atoms with Crippen molar-refractivity contribution in [1.29, 1.82) is 0 Å². The number of carbonyl (C=O) groups is 11. The number of hydrogen-bond donors (Lipinski definition) is 12. The van der Waals surface area contributed by atoms with E-state index in [1.807, 2.05) is 20.8 Å². The minimum atomic E-state index is -1.44. The van der Waals surface area contributed by atoms with Gasteiger partial charge in [0.05, 0.1) is 19.2 Å². The number of nitrogens with two attached hydrogens (primary N) is 3. The summed E-state index contributed by atoms with van der Waals surface area (Å²) in [6, 6.07) is -8.45. The predicted octanol–water partition coefficient (Wildman–Crippen LogP) is -2.05. The molecule has 0 aliphatic carbocycles. The molecule has 0 bridgehead atoms. The highest BCUT2D eigenvalue weighted by Crippen LogP contribution is 2.19. The first-order valence-electron chi connectivity index (χ1n) is 25.4. The van der Waals surface area contributed by atoms with E-state index in [1.54, 1.807) is 34.6 Å². The first-order chi connectivity index (χ1) is 33.8. The molecule has 0 aromatic rings. The third-order valence-electron chi connectivity index (χ3n) is 13.3. The molecule has 1 aliphatic rings. The molecule has 0 radical (unpaired) electrons. The fourth-order valence-corrected chi connectivity index (χ4v) is 8.04. The first-order valence-corrected chi connectivity index (χ1v) is 25.4. The highest BCUT2D eigenvalue weighted by atomic mass is 16.3. The summed E-state index contributed by atoms with van der Waals surface area (Å²) < 4.78 is 0. The average molecular weight is 1020 g/mol. The normalized spacial score (nSPS) is 17.5. The Morgan fingerprint density at radius 2 is 1.18 bits per heavy atom. The van der Waals surface area contributed by atoms with Crippen LogP contribution in [0.15, 0.2) is 0 Å². The van der Waals surface area contributed by atoms with Crippen LogP contribution < -0.4 is 59.7 Å². The number of aliphatic hydroxyl groups excluding tert-OH is 1. The Morgan fingerprint density at radius 3 is 1.72 bits per heavy atom. The minimum absolute atomic E-state index is 0.243. The lowest BCUT2D eigenvalue weighted by Crippen LogP contribution is -2.58. The highest BCUT2D eigenvalue weighted by Gasteiger charge is 2.37. The van der Waals surface area contributed by atoms with Crippen molar-refractivity contribution >= 4 is 65.0 Å². The molecule has 0 saturated carbocycles. The van der Waals surface area contributed by atoms with Crippen molar-refractivity contribution in [3.63, 3.8) is 0 Å².